The Morgan fingerprint density at radius 2 is 2.21 bits per heavy atom. The molecule has 2 aliphatic rings. The molecule has 1 amide bonds. The first kappa shape index (κ1) is 18.8. The zero-order valence-electron chi connectivity index (χ0n) is 16.0. The number of hydrogen-bond acceptors (Lipinski definition) is 6. The molecule has 7 nitrogen and oxygen atoms in total. The lowest BCUT2D eigenvalue weighted by Gasteiger charge is -2.29. The molecule has 3 heterocycles. The number of fused-ring (bicyclic) bond motifs is 1. The van der Waals surface area contributed by atoms with Crippen LogP contribution in [-0.2, 0) is 17.8 Å². The molecule has 148 valence electrons. The summed E-state index contributed by atoms with van der Waals surface area (Å²) in [7, 11) is 1.86. The second kappa shape index (κ2) is 8.20. The summed E-state index contributed by atoms with van der Waals surface area (Å²) in [5.41, 5.74) is 2.29. The third-order valence-electron chi connectivity index (χ3n) is 5.28. The van der Waals surface area contributed by atoms with Crippen molar-refractivity contribution < 1.29 is 9.18 Å². The molecule has 1 saturated heterocycles. The predicted octanol–water partition coefficient (Wildman–Crippen LogP) is 2.08. The van der Waals surface area contributed by atoms with Gasteiger partial charge in [-0.25, -0.2) is 14.4 Å². The number of nitrogens with one attached hydrogen (secondary N) is 3. The van der Waals surface area contributed by atoms with Crippen LogP contribution < -0.4 is 16.0 Å². The largest absolute Gasteiger partial charge is 0.373 e. The van der Waals surface area contributed by atoms with E-state index in [0.29, 0.717) is 6.54 Å². The molecule has 1 aromatic carbocycles. The van der Waals surface area contributed by atoms with Crippen molar-refractivity contribution in [1.82, 2.24) is 20.2 Å². The lowest BCUT2D eigenvalue weighted by atomic mass is 10.0. The minimum Gasteiger partial charge on any atom is -0.373 e. The van der Waals surface area contributed by atoms with Crippen LogP contribution in [0.25, 0.3) is 0 Å². The number of aromatic nitrogens is 2. The minimum atomic E-state index is -0.432. The number of rotatable bonds is 5. The molecular weight excluding hydrogens is 359 g/mol. The van der Waals surface area contributed by atoms with Crippen LogP contribution in [0.5, 0.6) is 0 Å². The summed E-state index contributed by atoms with van der Waals surface area (Å²) >= 11 is 0. The number of benzene rings is 1. The molecule has 1 atom stereocenters. The van der Waals surface area contributed by atoms with E-state index in [1.807, 2.05) is 11.9 Å². The molecule has 2 aromatic rings. The first-order chi connectivity index (χ1) is 13.6. The van der Waals surface area contributed by atoms with Crippen LogP contribution in [0, 0.1) is 5.82 Å². The van der Waals surface area contributed by atoms with E-state index in [1.54, 1.807) is 18.2 Å². The summed E-state index contributed by atoms with van der Waals surface area (Å²) < 4.78 is 13.7. The van der Waals surface area contributed by atoms with Gasteiger partial charge in [0, 0.05) is 32.1 Å². The number of anilines is 2. The van der Waals surface area contributed by atoms with E-state index >= 15 is 0 Å². The van der Waals surface area contributed by atoms with Gasteiger partial charge in [0.05, 0.1) is 24.0 Å². The van der Waals surface area contributed by atoms with E-state index < -0.39 is 5.82 Å². The van der Waals surface area contributed by atoms with Crippen LogP contribution in [0.2, 0.25) is 0 Å². The van der Waals surface area contributed by atoms with Crippen LogP contribution in [0.15, 0.2) is 24.3 Å². The highest BCUT2D eigenvalue weighted by molar-refractivity contribution is 5.92. The summed E-state index contributed by atoms with van der Waals surface area (Å²) in [5.74, 6) is 1.02. The molecule has 0 saturated carbocycles. The van der Waals surface area contributed by atoms with Gasteiger partial charge in [0.25, 0.3) is 0 Å². The maximum Gasteiger partial charge on any atom is 0.238 e. The van der Waals surface area contributed by atoms with E-state index in [-0.39, 0.29) is 24.2 Å². The Bertz CT molecular complexity index is 851. The fraction of sp³-hybridized carbons (Fsp3) is 0.450. The Labute approximate surface area is 163 Å². The predicted molar refractivity (Wildman–Crippen MR) is 106 cm³/mol. The Balaban J connectivity index is 1.45. The highest BCUT2D eigenvalue weighted by Crippen LogP contribution is 2.28. The smallest absolute Gasteiger partial charge is 0.238 e. The van der Waals surface area contributed by atoms with Gasteiger partial charge in [-0.1, -0.05) is 12.1 Å². The van der Waals surface area contributed by atoms with Crippen LogP contribution in [-0.4, -0.2) is 47.5 Å². The quantitative estimate of drug-likeness (QED) is 0.732. The number of nitrogens with zero attached hydrogens (tertiary/aromatic N) is 3. The summed E-state index contributed by atoms with van der Waals surface area (Å²) in [6.07, 6.45) is 2.97. The van der Waals surface area contributed by atoms with Gasteiger partial charge in [0.1, 0.15) is 17.5 Å². The van der Waals surface area contributed by atoms with Gasteiger partial charge < -0.3 is 16.0 Å². The van der Waals surface area contributed by atoms with E-state index in [1.165, 1.54) is 6.07 Å². The molecule has 0 unspecified atom stereocenters. The molecule has 2 aliphatic heterocycles. The zero-order chi connectivity index (χ0) is 19.5. The molecule has 0 bridgehead atoms. The maximum atomic E-state index is 13.7. The van der Waals surface area contributed by atoms with Crippen molar-refractivity contribution >= 4 is 17.4 Å². The number of para-hydroxylation sites is 1. The first-order valence-electron chi connectivity index (χ1n) is 9.71. The van der Waals surface area contributed by atoms with Crippen LogP contribution in [0.3, 0.4) is 0 Å². The lowest BCUT2D eigenvalue weighted by Crippen LogP contribution is -2.38. The average Bonchev–Trinajstić information content (AvgIpc) is 3.24. The minimum absolute atomic E-state index is 0.197. The summed E-state index contributed by atoms with van der Waals surface area (Å²) in [5, 5.41) is 9.28. The Hall–Kier alpha value is -2.58. The van der Waals surface area contributed by atoms with Gasteiger partial charge in [-0.3, -0.25) is 9.69 Å². The molecular formula is C20H25FN6O. The highest BCUT2D eigenvalue weighted by Gasteiger charge is 2.26. The van der Waals surface area contributed by atoms with Crippen LogP contribution in [0.1, 0.15) is 36.0 Å². The topological polar surface area (TPSA) is 82.2 Å². The van der Waals surface area contributed by atoms with Gasteiger partial charge in [0.2, 0.25) is 5.91 Å². The third kappa shape index (κ3) is 3.98. The second-order valence-electron chi connectivity index (χ2n) is 7.24. The maximum absolute atomic E-state index is 13.7. The molecule has 0 aliphatic carbocycles. The van der Waals surface area contributed by atoms with Crippen LogP contribution >= 0.6 is 0 Å². The number of hydrogen-bond donors (Lipinski definition) is 3. The van der Waals surface area contributed by atoms with Crippen molar-refractivity contribution in [2.75, 3.05) is 37.3 Å². The van der Waals surface area contributed by atoms with Gasteiger partial charge >= 0.3 is 0 Å². The molecule has 8 heteroatoms. The average molecular weight is 384 g/mol. The van der Waals surface area contributed by atoms with Gasteiger partial charge in [-0.05, 0) is 31.5 Å². The number of carbonyl (C=O) groups excluding carboxylic acids is 1. The molecule has 4 rings (SSSR count). The standard InChI is InChI=1S/C20H25FN6O/c1-22-19-13-11-27(12-18(28)24-16-6-3-2-5-14(16)21)10-8-15(13)25-20(26-19)17-7-4-9-23-17/h2-3,5-6,17,23H,4,7-12H2,1H3,(H,24,28)(H,22,25,26)/t17-/m1/s1. The first-order valence-corrected chi connectivity index (χ1v) is 9.71. The molecule has 3 N–H and O–H groups in total. The normalized spacial score (nSPS) is 19.3. The van der Waals surface area contributed by atoms with E-state index in [4.69, 9.17) is 9.97 Å². The number of carbonyl (C=O) groups is 1. The van der Waals surface area contributed by atoms with E-state index in [9.17, 15) is 9.18 Å². The fourth-order valence-corrected chi connectivity index (χ4v) is 3.85. The monoisotopic (exact) mass is 384 g/mol. The lowest BCUT2D eigenvalue weighted by molar-refractivity contribution is -0.117. The summed E-state index contributed by atoms with van der Waals surface area (Å²) in [6, 6.07) is 6.41. The molecule has 28 heavy (non-hydrogen) atoms. The van der Waals surface area contributed by atoms with Crippen molar-refractivity contribution in [3.8, 4) is 0 Å². The second-order valence-corrected chi connectivity index (χ2v) is 7.24. The zero-order valence-corrected chi connectivity index (χ0v) is 16.0. The number of amides is 1. The molecule has 0 radical (unpaired) electrons. The van der Waals surface area contributed by atoms with Gasteiger partial charge in [0.15, 0.2) is 0 Å². The molecule has 0 spiro atoms. The fourth-order valence-electron chi connectivity index (χ4n) is 3.85. The van der Waals surface area contributed by atoms with Crippen molar-refractivity contribution in [2.45, 2.75) is 31.8 Å². The van der Waals surface area contributed by atoms with Crippen molar-refractivity contribution in [1.29, 1.82) is 0 Å². The Morgan fingerprint density at radius 3 is 2.96 bits per heavy atom. The Kier molecular flexibility index (Phi) is 5.50. The molecule has 1 fully saturated rings. The van der Waals surface area contributed by atoms with E-state index in [2.05, 4.69) is 16.0 Å². The Morgan fingerprint density at radius 1 is 1.36 bits per heavy atom. The molecule has 1 aromatic heterocycles. The van der Waals surface area contributed by atoms with Crippen molar-refractivity contribution in [3.05, 3.63) is 47.2 Å². The van der Waals surface area contributed by atoms with Gasteiger partial charge in [-0.2, -0.15) is 0 Å². The van der Waals surface area contributed by atoms with Gasteiger partial charge in [-0.15, -0.1) is 0 Å². The SMILES string of the molecule is CNc1nc([C@H]2CCCN2)nc2c1CN(CC(=O)Nc1ccccc1F)CC2. The van der Waals surface area contributed by atoms with E-state index in [0.717, 1.165) is 55.3 Å². The third-order valence-corrected chi connectivity index (χ3v) is 5.28. The number of halogens is 1. The summed E-state index contributed by atoms with van der Waals surface area (Å²) in [6.45, 7) is 2.53. The van der Waals surface area contributed by atoms with Crippen molar-refractivity contribution in [2.24, 2.45) is 0 Å². The van der Waals surface area contributed by atoms with Crippen molar-refractivity contribution in [3.63, 3.8) is 0 Å². The highest BCUT2D eigenvalue weighted by atomic mass is 19.1. The summed E-state index contributed by atoms with van der Waals surface area (Å²) in [4.78, 5) is 23.9. The van der Waals surface area contributed by atoms with Crippen LogP contribution in [0.4, 0.5) is 15.9 Å².